The Hall–Kier alpha value is -1.35. The van der Waals surface area contributed by atoms with Gasteiger partial charge in [0.25, 0.3) is 0 Å². The molecular weight excluding hydrogens is 236 g/mol. The van der Waals surface area contributed by atoms with E-state index in [9.17, 15) is 4.79 Å². The lowest BCUT2D eigenvalue weighted by Crippen LogP contribution is -2.43. The first-order valence-electron chi connectivity index (χ1n) is 7.28. The van der Waals surface area contributed by atoms with Crippen LogP contribution in [0.5, 0.6) is 0 Å². The lowest BCUT2D eigenvalue weighted by Gasteiger charge is -2.26. The molecule has 1 aromatic rings. The molecule has 1 aliphatic heterocycles. The third-order valence-electron chi connectivity index (χ3n) is 3.73. The summed E-state index contributed by atoms with van der Waals surface area (Å²) in [7, 11) is 0. The Morgan fingerprint density at radius 1 is 1.32 bits per heavy atom. The number of carbonyl (C=O) groups is 1. The normalized spacial score (nSPS) is 23.0. The maximum absolute atomic E-state index is 12.0. The Morgan fingerprint density at radius 3 is 2.84 bits per heavy atom. The van der Waals surface area contributed by atoms with Gasteiger partial charge >= 0.3 is 0 Å². The highest BCUT2D eigenvalue weighted by molar-refractivity contribution is 5.78. The molecule has 2 atom stereocenters. The molecule has 1 aromatic carbocycles. The van der Waals surface area contributed by atoms with Gasteiger partial charge in [-0.2, -0.15) is 0 Å². The van der Waals surface area contributed by atoms with Gasteiger partial charge in [-0.05, 0) is 37.3 Å². The lowest BCUT2D eigenvalue weighted by molar-refractivity contribution is -0.125. The lowest BCUT2D eigenvalue weighted by atomic mass is 9.91. The highest BCUT2D eigenvalue weighted by Crippen LogP contribution is 2.15. The van der Waals surface area contributed by atoms with Crippen LogP contribution in [0.2, 0.25) is 0 Å². The van der Waals surface area contributed by atoms with Gasteiger partial charge in [-0.3, -0.25) is 4.79 Å². The number of hydrogen-bond acceptors (Lipinski definition) is 2. The summed E-state index contributed by atoms with van der Waals surface area (Å²) < 4.78 is 0. The van der Waals surface area contributed by atoms with Gasteiger partial charge in [-0.25, -0.2) is 0 Å². The summed E-state index contributed by atoms with van der Waals surface area (Å²) in [6, 6.07) is 10.4. The van der Waals surface area contributed by atoms with Crippen LogP contribution in [-0.2, 0) is 11.2 Å². The fourth-order valence-corrected chi connectivity index (χ4v) is 2.65. The Balaban J connectivity index is 1.64. The molecule has 1 fully saturated rings. The predicted molar refractivity (Wildman–Crippen MR) is 77.9 cm³/mol. The van der Waals surface area contributed by atoms with E-state index in [1.165, 1.54) is 5.56 Å². The van der Waals surface area contributed by atoms with E-state index in [0.717, 1.165) is 38.9 Å². The summed E-state index contributed by atoms with van der Waals surface area (Å²) in [5.74, 6) is 0.974. The summed E-state index contributed by atoms with van der Waals surface area (Å²) in [6.07, 6.45) is 3.05. The van der Waals surface area contributed by atoms with E-state index in [1.807, 2.05) is 6.07 Å². The number of nitrogens with one attached hydrogen (secondary N) is 2. The molecule has 0 saturated carbocycles. The topological polar surface area (TPSA) is 41.1 Å². The maximum atomic E-state index is 12.0. The molecular formula is C16H24N2O. The van der Waals surface area contributed by atoms with Crippen LogP contribution in [0.4, 0.5) is 0 Å². The summed E-state index contributed by atoms with van der Waals surface area (Å²) in [5, 5.41) is 6.39. The van der Waals surface area contributed by atoms with Crippen molar-refractivity contribution in [3.05, 3.63) is 35.9 Å². The zero-order valence-corrected chi connectivity index (χ0v) is 11.7. The Labute approximate surface area is 115 Å². The highest BCUT2D eigenvalue weighted by atomic mass is 16.1. The van der Waals surface area contributed by atoms with Crippen molar-refractivity contribution in [2.24, 2.45) is 11.8 Å². The van der Waals surface area contributed by atoms with Crippen molar-refractivity contribution in [3.63, 3.8) is 0 Å². The van der Waals surface area contributed by atoms with Gasteiger partial charge in [-0.1, -0.05) is 37.3 Å². The van der Waals surface area contributed by atoms with E-state index < -0.39 is 0 Å². The zero-order valence-electron chi connectivity index (χ0n) is 11.7. The zero-order chi connectivity index (χ0) is 13.5. The van der Waals surface area contributed by atoms with E-state index in [0.29, 0.717) is 5.92 Å². The molecule has 1 heterocycles. The summed E-state index contributed by atoms with van der Waals surface area (Å²) >= 11 is 0. The van der Waals surface area contributed by atoms with Crippen LogP contribution >= 0.6 is 0 Å². The van der Waals surface area contributed by atoms with E-state index in [4.69, 9.17) is 0 Å². The summed E-state index contributed by atoms with van der Waals surface area (Å²) in [4.78, 5) is 12.0. The number of rotatable bonds is 5. The summed E-state index contributed by atoms with van der Waals surface area (Å²) in [5.41, 5.74) is 1.34. The molecule has 0 radical (unpaired) electrons. The van der Waals surface area contributed by atoms with Gasteiger partial charge in [0, 0.05) is 13.1 Å². The van der Waals surface area contributed by atoms with Crippen LogP contribution < -0.4 is 10.6 Å². The van der Waals surface area contributed by atoms with Crippen molar-refractivity contribution in [2.75, 3.05) is 19.6 Å². The van der Waals surface area contributed by atoms with Gasteiger partial charge in [-0.15, -0.1) is 0 Å². The van der Waals surface area contributed by atoms with Crippen LogP contribution in [0, 0.1) is 11.8 Å². The van der Waals surface area contributed by atoms with Crippen LogP contribution in [0.1, 0.15) is 25.3 Å². The first-order chi connectivity index (χ1) is 9.25. The predicted octanol–water partition coefficient (Wildman–Crippen LogP) is 1.98. The second kappa shape index (κ2) is 7.29. The molecule has 104 valence electrons. The SMILES string of the molecule is CC1CNCC(C(=O)NCCCc2ccccc2)C1. The maximum Gasteiger partial charge on any atom is 0.224 e. The second-order valence-electron chi connectivity index (χ2n) is 5.58. The molecule has 0 bridgehead atoms. The minimum Gasteiger partial charge on any atom is -0.356 e. The standard InChI is InChI=1S/C16H24N2O/c1-13-10-15(12-17-11-13)16(19)18-9-5-8-14-6-3-2-4-7-14/h2-4,6-7,13,15,17H,5,8-12H2,1H3,(H,18,19). The monoisotopic (exact) mass is 260 g/mol. The van der Waals surface area contributed by atoms with Crippen LogP contribution in [0.25, 0.3) is 0 Å². The summed E-state index contributed by atoms with van der Waals surface area (Å²) in [6.45, 7) is 4.84. The molecule has 1 amide bonds. The van der Waals surface area contributed by atoms with Crippen molar-refractivity contribution in [3.8, 4) is 0 Å². The average molecular weight is 260 g/mol. The van der Waals surface area contributed by atoms with Gasteiger partial charge in [0.05, 0.1) is 5.92 Å². The fraction of sp³-hybridized carbons (Fsp3) is 0.562. The molecule has 1 aliphatic rings. The third-order valence-corrected chi connectivity index (χ3v) is 3.73. The van der Waals surface area contributed by atoms with Gasteiger partial charge in [0.2, 0.25) is 5.91 Å². The average Bonchev–Trinajstić information content (AvgIpc) is 2.44. The molecule has 2 rings (SSSR count). The molecule has 2 unspecified atom stereocenters. The van der Waals surface area contributed by atoms with Crippen LogP contribution in [0.15, 0.2) is 30.3 Å². The number of carbonyl (C=O) groups excluding carboxylic acids is 1. The smallest absolute Gasteiger partial charge is 0.224 e. The Morgan fingerprint density at radius 2 is 2.11 bits per heavy atom. The molecule has 3 nitrogen and oxygen atoms in total. The minimum absolute atomic E-state index is 0.153. The number of benzene rings is 1. The molecule has 2 N–H and O–H groups in total. The van der Waals surface area contributed by atoms with E-state index >= 15 is 0 Å². The van der Waals surface area contributed by atoms with E-state index in [1.54, 1.807) is 0 Å². The van der Waals surface area contributed by atoms with Gasteiger partial charge in [0.1, 0.15) is 0 Å². The van der Waals surface area contributed by atoms with E-state index in [-0.39, 0.29) is 11.8 Å². The van der Waals surface area contributed by atoms with Crippen molar-refractivity contribution < 1.29 is 4.79 Å². The molecule has 0 spiro atoms. The number of piperidine rings is 1. The Bertz CT molecular complexity index is 391. The largest absolute Gasteiger partial charge is 0.356 e. The van der Waals surface area contributed by atoms with Crippen molar-refractivity contribution in [1.29, 1.82) is 0 Å². The number of hydrogen-bond donors (Lipinski definition) is 2. The van der Waals surface area contributed by atoms with Gasteiger partial charge < -0.3 is 10.6 Å². The fourth-order valence-electron chi connectivity index (χ4n) is 2.65. The van der Waals surface area contributed by atoms with Crippen LogP contribution in [-0.4, -0.2) is 25.5 Å². The first-order valence-corrected chi connectivity index (χ1v) is 7.28. The van der Waals surface area contributed by atoms with Crippen molar-refractivity contribution >= 4 is 5.91 Å². The molecule has 0 aromatic heterocycles. The molecule has 19 heavy (non-hydrogen) atoms. The van der Waals surface area contributed by atoms with E-state index in [2.05, 4.69) is 41.8 Å². The van der Waals surface area contributed by atoms with Crippen molar-refractivity contribution in [2.45, 2.75) is 26.2 Å². The molecule has 0 aliphatic carbocycles. The molecule has 1 saturated heterocycles. The van der Waals surface area contributed by atoms with Crippen LogP contribution in [0.3, 0.4) is 0 Å². The number of aryl methyl sites for hydroxylation is 1. The Kier molecular flexibility index (Phi) is 5.40. The number of amides is 1. The minimum atomic E-state index is 0.153. The first kappa shape index (κ1) is 14.1. The highest BCUT2D eigenvalue weighted by Gasteiger charge is 2.24. The quantitative estimate of drug-likeness (QED) is 0.795. The third kappa shape index (κ3) is 4.67. The second-order valence-corrected chi connectivity index (χ2v) is 5.58. The molecule has 3 heteroatoms. The van der Waals surface area contributed by atoms with Crippen molar-refractivity contribution in [1.82, 2.24) is 10.6 Å². The van der Waals surface area contributed by atoms with Gasteiger partial charge in [0.15, 0.2) is 0 Å².